The maximum absolute atomic E-state index is 12.6. The van der Waals surface area contributed by atoms with Gasteiger partial charge in [0.05, 0.1) is 6.61 Å². The van der Waals surface area contributed by atoms with E-state index in [4.69, 9.17) is 4.74 Å². The molecule has 1 heterocycles. The van der Waals surface area contributed by atoms with Gasteiger partial charge in [0.15, 0.2) is 0 Å². The molecule has 2 amide bonds. The average Bonchev–Trinajstić information content (AvgIpc) is 3.33. The second kappa shape index (κ2) is 6.57. The molecule has 0 unspecified atom stereocenters. The van der Waals surface area contributed by atoms with E-state index in [1.54, 1.807) is 7.11 Å². The van der Waals surface area contributed by atoms with E-state index >= 15 is 0 Å². The van der Waals surface area contributed by atoms with Gasteiger partial charge in [-0.15, -0.1) is 0 Å². The minimum atomic E-state index is -0.249. The van der Waals surface area contributed by atoms with Gasteiger partial charge in [-0.05, 0) is 44.9 Å². The van der Waals surface area contributed by atoms with E-state index in [2.05, 4.69) is 5.32 Å². The topological polar surface area (TPSA) is 58.6 Å². The van der Waals surface area contributed by atoms with Gasteiger partial charge in [0.1, 0.15) is 6.04 Å². The largest absolute Gasteiger partial charge is 0.384 e. The SMILES string of the molecule is COCC1(CNC(=O)[C@H]2CCCCN2C(=O)C2CC2)CCC1. The Morgan fingerprint density at radius 2 is 1.95 bits per heavy atom. The summed E-state index contributed by atoms with van der Waals surface area (Å²) in [6, 6.07) is -0.249. The van der Waals surface area contributed by atoms with Crippen LogP contribution in [0.15, 0.2) is 0 Å². The van der Waals surface area contributed by atoms with E-state index in [1.807, 2.05) is 4.90 Å². The van der Waals surface area contributed by atoms with Crippen molar-refractivity contribution in [1.82, 2.24) is 10.2 Å². The fourth-order valence-electron chi connectivity index (χ4n) is 3.78. The van der Waals surface area contributed by atoms with Crippen LogP contribution in [0.25, 0.3) is 0 Å². The van der Waals surface area contributed by atoms with Crippen LogP contribution in [-0.2, 0) is 14.3 Å². The number of ether oxygens (including phenoxy) is 1. The first-order chi connectivity index (χ1) is 10.7. The molecule has 0 aromatic heterocycles. The minimum Gasteiger partial charge on any atom is -0.384 e. The molecule has 0 radical (unpaired) electrons. The number of nitrogens with zero attached hydrogens (tertiary/aromatic N) is 1. The fourth-order valence-corrected chi connectivity index (χ4v) is 3.78. The Balaban J connectivity index is 1.56. The third kappa shape index (κ3) is 3.29. The summed E-state index contributed by atoms with van der Waals surface area (Å²) in [5.41, 5.74) is 0.129. The van der Waals surface area contributed by atoms with Crippen LogP contribution in [0.5, 0.6) is 0 Å². The molecule has 1 N–H and O–H groups in total. The van der Waals surface area contributed by atoms with Gasteiger partial charge < -0.3 is 15.0 Å². The minimum absolute atomic E-state index is 0.0380. The van der Waals surface area contributed by atoms with E-state index in [-0.39, 0.29) is 29.2 Å². The predicted octanol–water partition coefficient (Wildman–Crippen LogP) is 1.71. The Morgan fingerprint density at radius 3 is 2.55 bits per heavy atom. The lowest BCUT2D eigenvalue weighted by atomic mass is 9.69. The first-order valence-electron chi connectivity index (χ1n) is 8.72. The van der Waals surface area contributed by atoms with E-state index in [0.717, 1.165) is 51.5 Å². The molecule has 5 nitrogen and oxygen atoms in total. The Labute approximate surface area is 132 Å². The summed E-state index contributed by atoms with van der Waals surface area (Å²) in [7, 11) is 1.72. The van der Waals surface area contributed by atoms with Crippen LogP contribution in [0.3, 0.4) is 0 Å². The van der Waals surface area contributed by atoms with Crippen molar-refractivity contribution in [3.63, 3.8) is 0 Å². The van der Waals surface area contributed by atoms with Gasteiger partial charge in [-0.3, -0.25) is 9.59 Å². The molecule has 0 spiro atoms. The lowest BCUT2D eigenvalue weighted by Gasteiger charge is -2.42. The molecule has 2 saturated carbocycles. The second-order valence-corrected chi connectivity index (χ2v) is 7.32. The smallest absolute Gasteiger partial charge is 0.242 e. The van der Waals surface area contributed by atoms with E-state index in [0.29, 0.717) is 13.2 Å². The monoisotopic (exact) mass is 308 g/mol. The number of nitrogens with one attached hydrogen (secondary N) is 1. The van der Waals surface area contributed by atoms with Crippen molar-refractivity contribution in [2.75, 3.05) is 26.8 Å². The highest BCUT2D eigenvalue weighted by atomic mass is 16.5. The van der Waals surface area contributed by atoms with Crippen LogP contribution in [0.2, 0.25) is 0 Å². The molecule has 124 valence electrons. The maximum Gasteiger partial charge on any atom is 0.242 e. The lowest BCUT2D eigenvalue weighted by Crippen LogP contribution is -2.55. The van der Waals surface area contributed by atoms with Crippen molar-refractivity contribution in [3.8, 4) is 0 Å². The van der Waals surface area contributed by atoms with Crippen molar-refractivity contribution in [3.05, 3.63) is 0 Å². The maximum atomic E-state index is 12.6. The Bertz CT molecular complexity index is 430. The third-order valence-corrected chi connectivity index (χ3v) is 5.52. The van der Waals surface area contributed by atoms with Gasteiger partial charge in [0.25, 0.3) is 0 Å². The first kappa shape index (κ1) is 15.8. The predicted molar refractivity (Wildman–Crippen MR) is 83.2 cm³/mol. The summed E-state index contributed by atoms with van der Waals surface area (Å²) >= 11 is 0. The number of hydrogen-bond donors (Lipinski definition) is 1. The molecule has 0 bridgehead atoms. The number of methoxy groups -OCH3 is 1. The van der Waals surface area contributed by atoms with Gasteiger partial charge >= 0.3 is 0 Å². The highest BCUT2D eigenvalue weighted by Crippen LogP contribution is 2.40. The van der Waals surface area contributed by atoms with Gasteiger partial charge in [-0.2, -0.15) is 0 Å². The zero-order valence-corrected chi connectivity index (χ0v) is 13.6. The molecule has 1 saturated heterocycles. The summed E-state index contributed by atoms with van der Waals surface area (Å²) in [6.45, 7) is 2.14. The summed E-state index contributed by atoms with van der Waals surface area (Å²) in [6.07, 6.45) is 8.33. The van der Waals surface area contributed by atoms with Crippen LogP contribution < -0.4 is 5.32 Å². The number of hydrogen-bond acceptors (Lipinski definition) is 3. The summed E-state index contributed by atoms with van der Waals surface area (Å²) < 4.78 is 5.31. The highest BCUT2D eigenvalue weighted by molar-refractivity contribution is 5.89. The van der Waals surface area contributed by atoms with Crippen LogP contribution in [-0.4, -0.2) is 49.6 Å². The number of carbonyl (C=O) groups is 2. The van der Waals surface area contributed by atoms with E-state index in [1.165, 1.54) is 6.42 Å². The van der Waals surface area contributed by atoms with Crippen molar-refractivity contribution in [2.45, 2.75) is 57.4 Å². The molecule has 3 fully saturated rings. The molecule has 1 aliphatic heterocycles. The standard InChI is InChI=1S/C17H28N2O3/c1-22-12-17(8-4-9-17)11-18-15(20)14-5-2-3-10-19(14)16(21)13-6-7-13/h13-14H,2-12H2,1H3,(H,18,20)/t14-/m1/s1. The molecule has 22 heavy (non-hydrogen) atoms. The zero-order chi connectivity index (χ0) is 15.6. The number of carbonyl (C=O) groups excluding carboxylic acids is 2. The highest BCUT2D eigenvalue weighted by Gasteiger charge is 2.41. The molecule has 0 aromatic carbocycles. The Hall–Kier alpha value is -1.10. The Morgan fingerprint density at radius 1 is 1.18 bits per heavy atom. The van der Waals surface area contributed by atoms with Gasteiger partial charge in [0.2, 0.25) is 11.8 Å². The molecule has 1 atom stereocenters. The van der Waals surface area contributed by atoms with Crippen LogP contribution in [0.1, 0.15) is 51.4 Å². The fraction of sp³-hybridized carbons (Fsp3) is 0.882. The number of rotatable bonds is 6. The third-order valence-electron chi connectivity index (χ3n) is 5.52. The van der Waals surface area contributed by atoms with Gasteiger partial charge in [-0.1, -0.05) is 6.42 Å². The quantitative estimate of drug-likeness (QED) is 0.812. The normalized spacial score (nSPS) is 27.1. The lowest BCUT2D eigenvalue weighted by molar-refractivity contribution is -0.143. The molecule has 2 aliphatic carbocycles. The molecule has 5 heteroatoms. The number of piperidine rings is 1. The van der Waals surface area contributed by atoms with E-state index in [9.17, 15) is 9.59 Å². The number of likely N-dealkylation sites (tertiary alicyclic amines) is 1. The Kier molecular flexibility index (Phi) is 4.71. The van der Waals surface area contributed by atoms with Gasteiger partial charge in [0, 0.05) is 31.5 Å². The molecular formula is C17H28N2O3. The summed E-state index contributed by atoms with van der Waals surface area (Å²) in [5.74, 6) is 0.436. The molecule has 3 rings (SSSR count). The van der Waals surface area contributed by atoms with Crippen LogP contribution in [0, 0.1) is 11.3 Å². The van der Waals surface area contributed by atoms with Crippen molar-refractivity contribution in [1.29, 1.82) is 0 Å². The van der Waals surface area contributed by atoms with Crippen molar-refractivity contribution in [2.24, 2.45) is 11.3 Å². The van der Waals surface area contributed by atoms with Crippen molar-refractivity contribution >= 4 is 11.8 Å². The van der Waals surface area contributed by atoms with E-state index < -0.39 is 0 Å². The molecule has 3 aliphatic rings. The summed E-state index contributed by atoms with van der Waals surface area (Å²) in [5, 5.41) is 3.11. The number of amides is 2. The van der Waals surface area contributed by atoms with Crippen LogP contribution >= 0.6 is 0 Å². The molecule has 0 aromatic rings. The van der Waals surface area contributed by atoms with Crippen LogP contribution in [0.4, 0.5) is 0 Å². The summed E-state index contributed by atoms with van der Waals surface area (Å²) in [4.78, 5) is 26.8. The average molecular weight is 308 g/mol. The first-order valence-corrected chi connectivity index (χ1v) is 8.72. The van der Waals surface area contributed by atoms with Crippen molar-refractivity contribution < 1.29 is 14.3 Å². The molecular weight excluding hydrogens is 280 g/mol. The second-order valence-electron chi connectivity index (χ2n) is 7.32. The van der Waals surface area contributed by atoms with Gasteiger partial charge in [-0.25, -0.2) is 0 Å². The zero-order valence-electron chi connectivity index (χ0n) is 13.6.